The Labute approximate surface area is 172 Å². The number of H-pyrrole nitrogens is 1. The van der Waals surface area contributed by atoms with Gasteiger partial charge in [-0.2, -0.15) is 5.10 Å². The van der Waals surface area contributed by atoms with Gasteiger partial charge in [-0.3, -0.25) is 9.89 Å². The van der Waals surface area contributed by atoms with Gasteiger partial charge in [0, 0.05) is 17.0 Å². The van der Waals surface area contributed by atoms with Crippen molar-refractivity contribution in [1.82, 2.24) is 15.5 Å². The van der Waals surface area contributed by atoms with Crippen LogP contribution >= 0.6 is 0 Å². The zero-order chi connectivity index (χ0) is 20.9. The molecule has 0 saturated heterocycles. The number of hydrogen-bond donors (Lipinski definition) is 3. The molecule has 0 bridgehead atoms. The molecule has 1 heterocycles. The second-order valence-corrected chi connectivity index (χ2v) is 6.88. The number of halogens is 1. The van der Waals surface area contributed by atoms with Crippen molar-refractivity contribution >= 4 is 22.9 Å². The van der Waals surface area contributed by atoms with Gasteiger partial charge in [0.25, 0.3) is 0 Å². The Bertz CT molecular complexity index is 1200. The van der Waals surface area contributed by atoms with Gasteiger partial charge in [-0.05, 0) is 41.5 Å². The van der Waals surface area contributed by atoms with Crippen LogP contribution < -0.4 is 5.32 Å². The largest absolute Gasteiger partial charge is 0.394 e. The summed E-state index contributed by atoms with van der Waals surface area (Å²) in [5.74, 6) is -0.635. The number of fused-ring (bicyclic) bond motifs is 1. The van der Waals surface area contributed by atoms with Crippen LogP contribution in [0.2, 0.25) is 0 Å². The number of nitrogens with one attached hydrogen (secondary N) is 2. The minimum Gasteiger partial charge on any atom is -0.394 e. The monoisotopic (exact) mass is 401 g/mol. The average Bonchev–Trinajstić information content (AvgIpc) is 3.20. The Hall–Kier alpha value is -3.77. The number of benzene rings is 3. The molecule has 0 spiro atoms. The first kappa shape index (κ1) is 19.5. The van der Waals surface area contributed by atoms with Crippen molar-refractivity contribution in [2.24, 2.45) is 0 Å². The minimum atomic E-state index is -0.473. The van der Waals surface area contributed by atoms with Gasteiger partial charge in [0.05, 0.1) is 18.2 Å². The van der Waals surface area contributed by atoms with Gasteiger partial charge in [0.1, 0.15) is 11.5 Å². The van der Waals surface area contributed by atoms with E-state index in [2.05, 4.69) is 15.5 Å². The maximum Gasteiger partial charge on any atom is 0.244 e. The number of hydrogen-bond acceptors (Lipinski definition) is 3. The number of aromatic nitrogens is 2. The molecule has 1 atom stereocenters. The molecule has 3 N–H and O–H groups in total. The van der Waals surface area contributed by atoms with E-state index in [-0.39, 0.29) is 18.3 Å². The highest BCUT2D eigenvalue weighted by Crippen LogP contribution is 2.27. The fraction of sp³-hybridized carbons (Fsp3) is 0.0833. The number of carbonyl (C=O) groups excluding carboxylic acids is 1. The molecular formula is C24H20FN3O2. The summed E-state index contributed by atoms with van der Waals surface area (Å²) in [6, 6.07) is 20.7. The van der Waals surface area contributed by atoms with Gasteiger partial charge in [-0.1, -0.05) is 48.5 Å². The van der Waals surface area contributed by atoms with Crippen molar-refractivity contribution in [2.75, 3.05) is 6.61 Å². The third-order valence-corrected chi connectivity index (χ3v) is 4.81. The Morgan fingerprint density at radius 2 is 1.93 bits per heavy atom. The lowest BCUT2D eigenvalue weighted by Crippen LogP contribution is -2.29. The van der Waals surface area contributed by atoms with E-state index >= 15 is 0 Å². The number of rotatable bonds is 6. The maximum absolute atomic E-state index is 13.6. The predicted octanol–water partition coefficient (Wildman–Crippen LogP) is 4.23. The molecule has 4 rings (SSSR count). The molecule has 0 aliphatic heterocycles. The summed E-state index contributed by atoms with van der Waals surface area (Å²) < 4.78 is 13.6. The van der Waals surface area contributed by atoms with Crippen LogP contribution in [0.5, 0.6) is 0 Å². The minimum absolute atomic E-state index is 0.193. The summed E-state index contributed by atoms with van der Waals surface area (Å²) in [4.78, 5) is 12.3. The summed E-state index contributed by atoms with van der Waals surface area (Å²) in [7, 11) is 0. The zero-order valence-electron chi connectivity index (χ0n) is 16.0. The van der Waals surface area contributed by atoms with Crippen LogP contribution in [0.3, 0.4) is 0 Å². The first-order chi connectivity index (χ1) is 14.6. The number of carbonyl (C=O) groups is 1. The van der Waals surface area contributed by atoms with Gasteiger partial charge >= 0.3 is 0 Å². The van der Waals surface area contributed by atoms with Crippen LogP contribution in [0, 0.1) is 5.82 Å². The number of aromatic amines is 1. The fourth-order valence-corrected chi connectivity index (χ4v) is 3.30. The number of aliphatic hydroxyl groups excluding tert-OH is 1. The van der Waals surface area contributed by atoms with Crippen molar-refractivity contribution in [3.63, 3.8) is 0 Å². The van der Waals surface area contributed by atoms with Crippen LogP contribution in [0.4, 0.5) is 4.39 Å². The predicted molar refractivity (Wildman–Crippen MR) is 115 cm³/mol. The molecule has 0 saturated carbocycles. The molecule has 3 aromatic carbocycles. The lowest BCUT2D eigenvalue weighted by Gasteiger charge is -2.15. The quantitative estimate of drug-likeness (QED) is 0.423. The number of nitrogens with zero attached hydrogens (tertiary/aromatic N) is 1. The Morgan fingerprint density at radius 1 is 1.10 bits per heavy atom. The number of amides is 1. The summed E-state index contributed by atoms with van der Waals surface area (Å²) in [6.45, 7) is -0.193. The molecule has 150 valence electrons. The molecule has 6 heteroatoms. The van der Waals surface area contributed by atoms with E-state index in [0.29, 0.717) is 11.3 Å². The summed E-state index contributed by atoms with van der Waals surface area (Å²) >= 11 is 0. The SMILES string of the molecule is O=C(/C=C/c1ccc2[nH]nc(-c3cccc(F)c3)c2c1)NC(CO)c1ccccc1. The van der Waals surface area contributed by atoms with Crippen LogP contribution in [-0.4, -0.2) is 27.8 Å². The van der Waals surface area contributed by atoms with Gasteiger partial charge in [0.2, 0.25) is 5.91 Å². The average molecular weight is 401 g/mol. The van der Waals surface area contributed by atoms with Crippen LogP contribution in [0.1, 0.15) is 17.2 Å². The Balaban J connectivity index is 1.54. The van der Waals surface area contributed by atoms with Crippen LogP contribution in [-0.2, 0) is 4.79 Å². The molecule has 1 aromatic heterocycles. The first-order valence-corrected chi connectivity index (χ1v) is 9.52. The van der Waals surface area contributed by atoms with E-state index < -0.39 is 6.04 Å². The molecular weight excluding hydrogens is 381 g/mol. The molecule has 1 unspecified atom stereocenters. The molecule has 30 heavy (non-hydrogen) atoms. The maximum atomic E-state index is 13.6. The highest BCUT2D eigenvalue weighted by molar-refractivity contribution is 5.96. The molecule has 4 aromatic rings. The van der Waals surface area contributed by atoms with Gasteiger partial charge < -0.3 is 10.4 Å². The normalized spacial score (nSPS) is 12.3. The standard InChI is InChI=1S/C24H20FN3O2/c25-19-8-4-7-18(14-19)24-20-13-16(9-11-21(20)27-28-24)10-12-23(30)26-22(15-29)17-5-2-1-3-6-17/h1-14,22,29H,15H2,(H,26,30)(H,27,28)/b12-10+. The Morgan fingerprint density at radius 3 is 2.70 bits per heavy atom. The third kappa shape index (κ3) is 4.29. The molecule has 5 nitrogen and oxygen atoms in total. The van der Waals surface area contributed by atoms with Crippen LogP contribution in [0.15, 0.2) is 78.9 Å². The first-order valence-electron chi connectivity index (χ1n) is 9.52. The topological polar surface area (TPSA) is 78.0 Å². The smallest absolute Gasteiger partial charge is 0.244 e. The summed E-state index contributed by atoms with van der Waals surface area (Å²) in [5.41, 5.74) is 3.78. The fourth-order valence-electron chi connectivity index (χ4n) is 3.30. The van der Waals surface area contributed by atoms with E-state index in [9.17, 15) is 14.3 Å². The van der Waals surface area contributed by atoms with Crippen molar-refractivity contribution in [3.05, 3.63) is 95.8 Å². The lowest BCUT2D eigenvalue weighted by molar-refractivity contribution is -0.117. The Kier molecular flexibility index (Phi) is 5.68. The van der Waals surface area contributed by atoms with E-state index in [1.54, 1.807) is 18.2 Å². The van der Waals surface area contributed by atoms with E-state index in [1.165, 1.54) is 18.2 Å². The van der Waals surface area contributed by atoms with E-state index in [4.69, 9.17) is 0 Å². The van der Waals surface area contributed by atoms with Crippen molar-refractivity contribution in [1.29, 1.82) is 0 Å². The number of aliphatic hydroxyl groups is 1. The van der Waals surface area contributed by atoms with E-state index in [0.717, 1.165) is 22.0 Å². The zero-order valence-corrected chi connectivity index (χ0v) is 16.0. The second kappa shape index (κ2) is 8.71. The molecule has 0 radical (unpaired) electrons. The molecule has 0 aliphatic carbocycles. The molecule has 0 aliphatic rings. The van der Waals surface area contributed by atoms with Gasteiger partial charge in [-0.25, -0.2) is 4.39 Å². The highest BCUT2D eigenvalue weighted by atomic mass is 19.1. The van der Waals surface area contributed by atoms with Crippen molar-refractivity contribution < 1.29 is 14.3 Å². The van der Waals surface area contributed by atoms with E-state index in [1.807, 2.05) is 48.5 Å². The van der Waals surface area contributed by atoms with Crippen molar-refractivity contribution in [3.8, 4) is 11.3 Å². The van der Waals surface area contributed by atoms with Crippen LogP contribution in [0.25, 0.3) is 28.2 Å². The van der Waals surface area contributed by atoms with Gasteiger partial charge in [-0.15, -0.1) is 0 Å². The lowest BCUT2D eigenvalue weighted by atomic mass is 10.1. The van der Waals surface area contributed by atoms with Gasteiger partial charge in [0.15, 0.2) is 0 Å². The summed E-state index contributed by atoms with van der Waals surface area (Å²) in [6.07, 6.45) is 3.12. The van der Waals surface area contributed by atoms with Crippen molar-refractivity contribution in [2.45, 2.75) is 6.04 Å². The summed E-state index contributed by atoms with van der Waals surface area (Å²) in [5, 5.41) is 20.5. The highest BCUT2D eigenvalue weighted by Gasteiger charge is 2.12. The third-order valence-electron chi connectivity index (χ3n) is 4.81. The second-order valence-electron chi connectivity index (χ2n) is 6.88. The molecule has 0 fully saturated rings. The molecule has 1 amide bonds.